The molecular weight excluding hydrogens is 256 g/mol. The summed E-state index contributed by atoms with van der Waals surface area (Å²) in [4.78, 5) is 30.5. The van der Waals surface area contributed by atoms with Crippen LogP contribution in [0.2, 0.25) is 0 Å². The average molecular weight is 276 g/mol. The molecule has 0 aliphatic heterocycles. The molecular formula is C11H20N2O6. The molecule has 0 radical (unpaired) electrons. The summed E-state index contributed by atoms with van der Waals surface area (Å²) in [6.07, 6.45) is 0.866. The van der Waals surface area contributed by atoms with E-state index in [1.54, 1.807) is 0 Å². The maximum atomic E-state index is 10.4. The highest BCUT2D eigenvalue weighted by molar-refractivity contribution is 6.20. The van der Waals surface area contributed by atoms with Crippen molar-refractivity contribution in [1.82, 2.24) is 10.6 Å². The highest BCUT2D eigenvalue weighted by Crippen LogP contribution is 1.85. The van der Waals surface area contributed by atoms with Crippen LogP contribution in [0.5, 0.6) is 0 Å². The first-order chi connectivity index (χ1) is 9.16. The van der Waals surface area contributed by atoms with Crippen molar-refractivity contribution in [2.24, 2.45) is 0 Å². The second-order valence-corrected chi connectivity index (χ2v) is 3.59. The number of carbonyl (C=O) groups is 3. The number of aldehydes is 1. The molecule has 0 saturated carbocycles. The molecule has 0 atom stereocenters. The van der Waals surface area contributed by atoms with Crippen molar-refractivity contribution in [3.8, 4) is 0 Å². The third-order valence-corrected chi connectivity index (χ3v) is 2.00. The summed E-state index contributed by atoms with van der Waals surface area (Å²) in [5.74, 6) is -1.70. The van der Waals surface area contributed by atoms with Gasteiger partial charge < -0.3 is 19.9 Å². The lowest BCUT2D eigenvalue weighted by molar-refractivity contribution is -0.149. The van der Waals surface area contributed by atoms with Gasteiger partial charge in [-0.25, -0.2) is 4.79 Å². The molecule has 0 unspecified atom stereocenters. The molecule has 8 heteroatoms. The van der Waals surface area contributed by atoms with E-state index in [2.05, 4.69) is 15.4 Å². The Morgan fingerprint density at radius 3 is 2.42 bits per heavy atom. The van der Waals surface area contributed by atoms with Gasteiger partial charge in [0.1, 0.15) is 6.73 Å². The maximum absolute atomic E-state index is 10.4. The van der Waals surface area contributed by atoms with Gasteiger partial charge in [0, 0.05) is 19.5 Å². The normalized spacial score (nSPS) is 10.1. The van der Waals surface area contributed by atoms with Crippen molar-refractivity contribution >= 4 is 18.2 Å². The molecule has 0 spiro atoms. The van der Waals surface area contributed by atoms with Gasteiger partial charge in [-0.1, -0.05) is 0 Å². The molecule has 19 heavy (non-hydrogen) atoms. The van der Waals surface area contributed by atoms with E-state index >= 15 is 0 Å². The number of hydrogen-bond donors (Lipinski definition) is 3. The maximum Gasteiger partial charge on any atom is 0.372 e. The summed E-state index contributed by atoms with van der Waals surface area (Å²) in [5, 5.41) is 14.2. The zero-order chi connectivity index (χ0) is 14.3. The molecule has 3 N–H and O–H groups in total. The van der Waals surface area contributed by atoms with Gasteiger partial charge in [-0.15, -0.1) is 0 Å². The van der Waals surface area contributed by atoms with Gasteiger partial charge in [-0.05, 0) is 13.0 Å². The third-order valence-electron chi connectivity index (χ3n) is 2.00. The van der Waals surface area contributed by atoms with Crippen molar-refractivity contribution in [3.05, 3.63) is 0 Å². The Bertz CT molecular complexity index is 272. The summed E-state index contributed by atoms with van der Waals surface area (Å²) in [7, 11) is 0. The standard InChI is InChI=1S/C11H20N2O6/c14-8-11(17)19-9-13-5-7-18-6-4-12-3-1-2-10(15)16/h8,12-13H,1-7,9H2,(H,15,16). The Kier molecular flexibility index (Phi) is 11.9. The number of carboxylic acids is 1. The number of ether oxygens (including phenoxy) is 2. The zero-order valence-electron chi connectivity index (χ0n) is 10.7. The summed E-state index contributed by atoms with van der Waals surface area (Å²) < 4.78 is 9.69. The molecule has 0 fully saturated rings. The Labute approximate surface area is 111 Å². The molecule has 0 aromatic heterocycles. The first-order valence-corrected chi connectivity index (χ1v) is 5.99. The Morgan fingerprint density at radius 1 is 1.11 bits per heavy atom. The average Bonchev–Trinajstić information content (AvgIpc) is 2.39. The van der Waals surface area contributed by atoms with Crippen LogP contribution in [0.15, 0.2) is 0 Å². The second kappa shape index (κ2) is 12.9. The SMILES string of the molecule is O=CC(=O)OCNCCOCCNCCCC(=O)O. The van der Waals surface area contributed by atoms with Crippen molar-refractivity contribution < 1.29 is 29.0 Å². The van der Waals surface area contributed by atoms with Crippen LogP contribution in [0.3, 0.4) is 0 Å². The fourth-order valence-corrected chi connectivity index (χ4v) is 1.11. The van der Waals surface area contributed by atoms with E-state index in [1.165, 1.54) is 0 Å². The summed E-state index contributed by atoms with van der Waals surface area (Å²) in [6.45, 7) is 2.76. The Hall–Kier alpha value is -1.51. The molecule has 8 nitrogen and oxygen atoms in total. The first kappa shape index (κ1) is 17.5. The summed E-state index contributed by atoms with van der Waals surface area (Å²) in [6, 6.07) is 0. The van der Waals surface area contributed by atoms with Crippen molar-refractivity contribution in [1.29, 1.82) is 0 Å². The molecule has 0 aliphatic rings. The molecule has 0 bridgehead atoms. The van der Waals surface area contributed by atoms with Gasteiger partial charge in [-0.3, -0.25) is 14.9 Å². The molecule has 0 aromatic rings. The van der Waals surface area contributed by atoms with Gasteiger partial charge in [-0.2, -0.15) is 0 Å². The summed E-state index contributed by atoms with van der Waals surface area (Å²) in [5.41, 5.74) is 0. The molecule has 0 heterocycles. The van der Waals surface area contributed by atoms with Gasteiger partial charge in [0.15, 0.2) is 0 Å². The third kappa shape index (κ3) is 14.4. The molecule has 110 valence electrons. The number of carbonyl (C=O) groups excluding carboxylic acids is 2. The minimum absolute atomic E-state index is 0.0195. The predicted octanol–water partition coefficient (Wildman–Crippen LogP) is -1.25. The number of carboxylic acid groups (broad SMARTS) is 1. The lowest BCUT2D eigenvalue weighted by Crippen LogP contribution is -2.27. The van der Waals surface area contributed by atoms with Crippen molar-refractivity contribution in [2.45, 2.75) is 12.8 Å². The van der Waals surface area contributed by atoms with Crippen LogP contribution >= 0.6 is 0 Å². The summed E-state index contributed by atoms with van der Waals surface area (Å²) >= 11 is 0. The Balaban J connectivity index is 3.05. The fourth-order valence-electron chi connectivity index (χ4n) is 1.11. The number of rotatable bonds is 13. The van der Waals surface area contributed by atoms with Crippen LogP contribution in [0, 0.1) is 0 Å². The topological polar surface area (TPSA) is 114 Å². The van der Waals surface area contributed by atoms with Crippen LogP contribution in [0.25, 0.3) is 0 Å². The van der Waals surface area contributed by atoms with E-state index in [0.29, 0.717) is 39.3 Å². The molecule has 0 aromatic carbocycles. The lowest BCUT2D eigenvalue weighted by Gasteiger charge is -2.06. The van der Waals surface area contributed by atoms with Gasteiger partial charge >= 0.3 is 11.9 Å². The van der Waals surface area contributed by atoms with Crippen molar-refractivity contribution in [3.63, 3.8) is 0 Å². The Morgan fingerprint density at radius 2 is 1.79 bits per heavy atom. The van der Waals surface area contributed by atoms with Crippen LogP contribution < -0.4 is 10.6 Å². The minimum atomic E-state index is -0.904. The van der Waals surface area contributed by atoms with E-state index < -0.39 is 11.9 Å². The number of nitrogens with one attached hydrogen (secondary N) is 2. The van der Waals surface area contributed by atoms with Crippen molar-refractivity contribution in [2.75, 3.05) is 39.6 Å². The molecule has 0 saturated heterocycles. The largest absolute Gasteiger partial charge is 0.481 e. The van der Waals surface area contributed by atoms with Gasteiger partial charge in [0.05, 0.1) is 13.2 Å². The van der Waals surface area contributed by atoms with Crippen LogP contribution in [-0.4, -0.2) is 62.9 Å². The van der Waals surface area contributed by atoms with E-state index in [9.17, 15) is 14.4 Å². The fraction of sp³-hybridized carbons (Fsp3) is 0.727. The second-order valence-electron chi connectivity index (χ2n) is 3.59. The number of esters is 1. The van der Waals surface area contributed by atoms with E-state index in [0.717, 1.165) is 0 Å². The monoisotopic (exact) mass is 276 g/mol. The molecule has 0 aliphatic carbocycles. The smallest absolute Gasteiger partial charge is 0.372 e. The van der Waals surface area contributed by atoms with Gasteiger partial charge in [0.2, 0.25) is 6.29 Å². The minimum Gasteiger partial charge on any atom is -0.481 e. The highest BCUT2D eigenvalue weighted by atomic mass is 16.5. The zero-order valence-corrected chi connectivity index (χ0v) is 10.7. The molecule has 0 rings (SSSR count). The van der Waals surface area contributed by atoms with E-state index in [-0.39, 0.29) is 19.4 Å². The van der Waals surface area contributed by atoms with Crippen LogP contribution in [0.4, 0.5) is 0 Å². The number of hydrogen-bond acceptors (Lipinski definition) is 7. The predicted molar refractivity (Wildman–Crippen MR) is 65.6 cm³/mol. The van der Waals surface area contributed by atoms with Gasteiger partial charge in [0.25, 0.3) is 0 Å². The highest BCUT2D eigenvalue weighted by Gasteiger charge is 1.97. The van der Waals surface area contributed by atoms with Crippen LogP contribution in [-0.2, 0) is 23.9 Å². The van der Waals surface area contributed by atoms with Crippen LogP contribution in [0.1, 0.15) is 12.8 Å². The molecule has 0 amide bonds. The first-order valence-electron chi connectivity index (χ1n) is 5.99. The quantitative estimate of drug-likeness (QED) is 0.126. The number of aliphatic carboxylic acids is 1. The van der Waals surface area contributed by atoms with E-state index in [1.807, 2.05) is 0 Å². The van der Waals surface area contributed by atoms with E-state index in [4.69, 9.17) is 9.84 Å². The lowest BCUT2D eigenvalue weighted by atomic mass is 10.3.